The molecule has 25 heavy (non-hydrogen) atoms. The second kappa shape index (κ2) is 7.12. The van der Waals surface area contributed by atoms with Crippen LogP contribution in [0.15, 0.2) is 60.7 Å². The topological polar surface area (TPSA) is 22.0 Å². The number of allylic oxidation sites excluding steroid dienone is 1. The van der Waals surface area contributed by atoms with E-state index < -0.39 is 0 Å². The summed E-state index contributed by atoms with van der Waals surface area (Å²) in [5.41, 5.74) is 5.93. The highest BCUT2D eigenvalue weighted by molar-refractivity contribution is 6.32. The van der Waals surface area contributed by atoms with E-state index >= 15 is 0 Å². The fourth-order valence-corrected chi connectivity index (χ4v) is 3.16. The number of ketones is 1. The molecule has 0 aliphatic rings. The van der Waals surface area contributed by atoms with Crippen LogP contribution in [0, 0.1) is 20.8 Å². The molecule has 0 spiro atoms. The fraction of sp³-hybridized carbons (Fsp3) is 0.136. The minimum atomic E-state index is 0.00236. The lowest BCUT2D eigenvalue weighted by Crippen LogP contribution is -1.99. The molecule has 0 saturated heterocycles. The summed E-state index contributed by atoms with van der Waals surface area (Å²) in [4.78, 5) is 12.3. The molecule has 3 heteroatoms. The molecule has 0 aliphatic carbocycles. The van der Waals surface area contributed by atoms with Crippen molar-refractivity contribution in [3.8, 4) is 5.69 Å². The quantitative estimate of drug-likeness (QED) is 0.421. The monoisotopic (exact) mass is 349 g/mol. The Morgan fingerprint density at radius 2 is 1.68 bits per heavy atom. The molecule has 0 amide bonds. The number of benzene rings is 2. The summed E-state index contributed by atoms with van der Waals surface area (Å²) in [5, 5.41) is 0.704. The van der Waals surface area contributed by atoms with Gasteiger partial charge in [-0.3, -0.25) is 4.79 Å². The lowest BCUT2D eigenvalue weighted by atomic mass is 10.1. The third-order valence-electron chi connectivity index (χ3n) is 4.31. The van der Waals surface area contributed by atoms with Crippen molar-refractivity contribution in [3.05, 3.63) is 93.8 Å². The van der Waals surface area contributed by atoms with Gasteiger partial charge < -0.3 is 4.57 Å². The normalized spacial score (nSPS) is 11.2. The molecule has 0 atom stereocenters. The van der Waals surface area contributed by atoms with Gasteiger partial charge in [0.15, 0.2) is 5.78 Å². The van der Waals surface area contributed by atoms with Crippen LogP contribution in [0.3, 0.4) is 0 Å². The summed E-state index contributed by atoms with van der Waals surface area (Å²) in [5.74, 6) is 0.00236. The first-order chi connectivity index (χ1) is 12.0. The average molecular weight is 350 g/mol. The van der Waals surface area contributed by atoms with Gasteiger partial charge in [0.2, 0.25) is 0 Å². The highest BCUT2D eigenvalue weighted by atomic mass is 35.5. The molecule has 0 N–H and O–H groups in total. The van der Waals surface area contributed by atoms with E-state index in [0.29, 0.717) is 10.6 Å². The minimum absolute atomic E-state index is 0.00236. The maximum absolute atomic E-state index is 12.3. The van der Waals surface area contributed by atoms with E-state index in [0.717, 1.165) is 28.2 Å². The predicted molar refractivity (Wildman–Crippen MR) is 105 cm³/mol. The summed E-state index contributed by atoms with van der Waals surface area (Å²) in [6.45, 7) is 6.08. The van der Waals surface area contributed by atoms with Gasteiger partial charge in [-0.15, -0.1) is 0 Å². The lowest BCUT2D eigenvalue weighted by Gasteiger charge is -2.11. The van der Waals surface area contributed by atoms with Crippen LogP contribution in [-0.4, -0.2) is 10.4 Å². The number of carbonyl (C=O) groups is 1. The number of hydrogen-bond donors (Lipinski definition) is 0. The van der Waals surface area contributed by atoms with Crippen LogP contribution < -0.4 is 0 Å². The smallest absolute Gasteiger partial charge is 0.185 e. The lowest BCUT2D eigenvalue weighted by molar-refractivity contribution is 0.104. The van der Waals surface area contributed by atoms with E-state index in [9.17, 15) is 4.79 Å². The molecule has 2 nitrogen and oxygen atoms in total. The molecule has 0 aliphatic heterocycles. The van der Waals surface area contributed by atoms with Crippen molar-refractivity contribution in [1.82, 2.24) is 4.57 Å². The summed E-state index contributed by atoms with van der Waals surface area (Å²) in [7, 11) is 0. The van der Waals surface area contributed by atoms with Crippen molar-refractivity contribution >= 4 is 23.5 Å². The fourth-order valence-electron chi connectivity index (χ4n) is 2.94. The van der Waals surface area contributed by atoms with Crippen LogP contribution in [-0.2, 0) is 0 Å². The van der Waals surface area contributed by atoms with Gasteiger partial charge >= 0.3 is 0 Å². The van der Waals surface area contributed by atoms with E-state index in [4.69, 9.17) is 11.6 Å². The first-order valence-corrected chi connectivity index (χ1v) is 8.58. The standard InChI is InChI=1S/C22H20ClNO/c1-15-8-10-18(11-9-15)22(25)13-12-19-14-16(2)24(17(19)3)21-7-5-4-6-20(21)23/h4-14H,1-3H3/b13-12+. The second-order valence-electron chi connectivity index (χ2n) is 6.18. The zero-order valence-electron chi connectivity index (χ0n) is 14.6. The summed E-state index contributed by atoms with van der Waals surface area (Å²) < 4.78 is 2.11. The molecule has 0 radical (unpaired) electrons. The van der Waals surface area contributed by atoms with Gasteiger partial charge in [-0.2, -0.15) is 0 Å². The number of nitrogens with zero attached hydrogens (tertiary/aromatic N) is 1. The Morgan fingerprint density at radius 3 is 2.36 bits per heavy atom. The number of hydrogen-bond acceptors (Lipinski definition) is 1. The van der Waals surface area contributed by atoms with Crippen LogP contribution in [0.1, 0.15) is 32.9 Å². The van der Waals surface area contributed by atoms with Gasteiger partial charge in [0.05, 0.1) is 10.7 Å². The summed E-state index contributed by atoms with van der Waals surface area (Å²) >= 11 is 6.34. The van der Waals surface area contributed by atoms with E-state index in [1.54, 1.807) is 6.08 Å². The molecule has 0 unspecified atom stereocenters. The van der Waals surface area contributed by atoms with Crippen LogP contribution in [0.5, 0.6) is 0 Å². The number of para-hydroxylation sites is 1. The molecule has 126 valence electrons. The number of aryl methyl sites for hydroxylation is 2. The highest BCUT2D eigenvalue weighted by Gasteiger charge is 2.11. The molecule has 3 rings (SSSR count). The molecule has 1 heterocycles. The van der Waals surface area contributed by atoms with E-state index in [1.165, 1.54) is 0 Å². The van der Waals surface area contributed by atoms with Crippen LogP contribution in [0.25, 0.3) is 11.8 Å². The van der Waals surface area contributed by atoms with E-state index in [1.807, 2.05) is 75.4 Å². The Kier molecular flexibility index (Phi) is 4.91. The number of halogens is 1. The van der Waals surface area contributed by atoms with Crippen molar-refractivity contribution in [3.63, 3.8) is 0 Å². The third-order valence-corrected chi connectivity index (χ3v) is 4.63. The minimum Gasteiger partial charge on any atom is -0.316 e. The van der Waals surface area contributed by atoms with Crippen molar-refractivity contribution in [1.29, 1.82) is 0 Å². The zero-order valence-corrected chi connectivity index (χ0v) is 15.3. The van der Waals surface area contributed by atoms with E-state index in [2.05, 4.69) is 10.6 Å². The Hall–Kier alpha value is -2.58. The predicted octanol–water partition coefficient (Wildman–Crippen LogP) is 5.95. The molecule has 0 fully saturated rings. The average Bonchev–Trinajstić information content (AvgIpc) is 2.88. The molecule has 2 aromatic carbocycles. The Balaban J connectivity index is 1.92. The highest BCUT2D eigenvalue weighted by Crippen LogP contribution is 2.27. The molecular weight excluding hydrogens is 330 g/mol. The zero-order chi connectivity index (χ0) is 18.0. The van der Waals surface area contributed by atoms with Crippen molar-refractivity contribution in [2.45, 2.75) is 20.8 Å². The summed E-state index contributed by atoms with van der Waals surface area (Å²) in [6.07, 6.45) is 3.50. The van der Waals surface area contributed by atoms with Crippen molar-refractivity contribution < 1.29 is 4.79 Å². The number of aromatic nitrogens is 1. The van der Waals surface area contributed by atoms with Crippen molar-refractivity contribution in [2.24, 2.45) is 0 Å². The van der Waals surface area contributed by atoms with E-state index in [-0.39, 0.29) is 5.78 Å². The first kappa shape index (κ1) is 17.2. The first-order valence-electron chi connectivity index (χ1n) is 8.20. The Bertz CT molecular complexity index is 949. The van der Waals surface area contributed by atoms with Crippen LogP contribution >= 0.6 is 11.6 Å². The van der Waals surface area contributed by atoms with Crippen LogP contribution in [0.2, 0.25) is 5.02 Å². The number of carbonyl (C=O) groups excluding carboxylic acids is 1. The maximum atomic E-state index is 12.3. The largest absolute Gasteiger partial charge is 0.316 e. The Morgan fingerprint density at radius 1 is 1.00 bits per heavy atom. The van der Waals surface area contributed by atoms with Crippen molar-refractivity contribution in [2.75, 3.05) is 0 Å². The van der Waals surface area contributed by atoms with Gasteiger partial charge in [0, 0.05) is 17.0 Å². The van der Waals surface area contributed by atoms with Gasteiger partial charge in [0.1, 0.15) is 0 Å². The van der Waals surface area contributed by atoms with Crippen LogP contribution in [0.4, 0.5) is 0 Å². The second-order valence-corrected chi connectivity index (χ2v) is 6.58. The molecule has 0 saturated carbocycles. The van der Waals surface area contributed by atoms with Gasteiger partial charge in [0.25, 0.3) is 0 Å². The Labute approximate surface area is 153 Å². The SMILES string of the molecule is Cc1ccc(C(=O)/C=C/c2cc(C)n(-c3ccccc3Cl)c2C)cc1. The maximum Gasteiger partial charge on any atom is 0.185 e. The van der Waals surface area contributed by atoms with Gasteiger partial charge in [-0.1, -0.05) is 53.6 Å². The summed E-state index contributed by atoms with van der Waals surface area (Å²) in [6, 6.07) is 17.4. The third kappa shape index (κ3) is 3.59. The molecule has 0 bridgehead atoms. The molecule has 1 aromatic heterocycles. The van der Waals surface area contributed by atoms with Gasteiger partial charge in [-0.25, -0.2) is 0 Å². The van der Waals surface area contributed by atoms with Gasteiger partial charge in [-0.05, 0) is 56.7 Å². The molecular formula is C22H20ClNO. The number of rotatable bonds is 4. The molecule has 3 aromatic rings.